The van der Waals surface area contributed by atoms with E-state index in [1.54, 1.807) is 38.1 Å². The smallest absolute Gasteiger partial charge is 0.249 e. The molecule has 1 aromatic carbocycles. The minimum absolute atomic E-state index is 0.0261. The zero-order valence-electron chi connectivity index (χ0n) is 14.7. The van der Waals surface area contributed by atoms with Crippen molar-refractivity contribution in [2.75, 3.05) is 18.8 Å². The highest BCUT2D eigenvalue weighted by Gasteiger charge is 2.21. The summed E-state index contributed by atoms with van der Waals surface area (Å²) in [6.45, 7) is 4.40. The molecule has 1 aromatic heterocycles. The molecule has 0 atom stereocenters. The van der Waals surface area contributed by atoms with Crippen molar-refractivity contribution in [1.29, 1.82) is 5.26 Å². The second-order valence-electron chi connectivity index (χ2n) is 5.59. The Morgan fingerprint density at radius 3 is 2.38 bits per heavy atom. The Bertz CT molecular complexity index is 922. The SMILES string of the molecule is CCN(CC)S(=O)(=O)c1ccc(CCC(=O)n2ncc(C#N)c2N)cc1. The fraction of sp³-hybridized carbons (Fsp3) is 0.353. The summed E-state index contributed by atoms with van der Waals surface area (Å²) in [4.78, 5) is 12.4. The molecule has 0 saturated heterocycles. The number of carbonyl (C=O) groups excluding carboxylic acids is 1. The monoisotopic (exact) mass is 375 g/mol. The number of anilines is 1. The molecule has 8 nitrogen and oxygen atoms in total. The van der Waals surface area contributed by atoms with Crippen LogP contribution in [0.1, 0.15) is 36.2 Å². The van der Waals surface area contributed by atoms with Gasteiger partial charge >= 0.3 is 0 Å². The van der Waals surface area contributed by atoms with E-state index in [0.717, 1.165) is 10.2 Å². The molecule has 0 aliphatic heterocycles. The van der Waals surface area contributed by atoms with Gasteiger partial charge in [0.15, 0.2) is 0 Å². The van der Waals surface area contributed by atoms with Gasteiger partial charge in [0, 0.05) is 19.5 Å². The Balaban J connectivity index is 2.07. The van der Waals surface area contributed by atoms with Crippen LogP contribution >= 0.6 is 0 Å². The Labute approximate surface area is 152 Å². The molecule has 26 heavy (non-hydrogen) atoms. The largest absolute Gasteiger partial charge is 0.382 e. The standard InChI is InChI=1S/C17H21N5O3S/c1-3-21(4-2)26(24,25)15-8-5-13(6-9-15)7-10-16(23)22-17(19)14(11-18)12-20-22/h5-6,8-9,12H,3-4,7,10,19H2,1-2H3. The summed E-state index contributed by atoms with van der Waals surface area (Å²) in [5.41, 5.74) is 6.67. The van der Waals surface area contributed by atoms with Crippen LogP contribution in [0.3, 0.4) is 0 Å². The molecule has 9 heteroatoms. The zero-order chi connectivity index (χ0) is 19.3. The van der Waals surface area contributed by atoms with Crippen molar-refractivity contribution in [3.63, 3.8) is 0 Å². The van der Waals surface area contributed by atoms with E-state index in [9.17, 15) is 13.2 Å². The zero-order valence-corrected chi connectivity index (χ0v) is 15.5. The number of hydrogen-bond donors (Lipinski definition) is 1. The van der Waals surface area contributed by atoms with Crippen molar-refractivity contribution in [2.45, 2.75) is 31.6 Å². The number of hydrogen-bond acceptors (Lipinski definition) is 6. The first-order valence-electron chi connectivity index (χ1n) is 8.21. The van der Waals surface area contributed by atoms with E-state index in [1.165, 1.54) is 10.5 Å². The van der Waals surface area contributed by atoms with E-state index in [4.69, 9.17) is 11.0 Å². The number of nitrogens with zero attached hydrogens (tertiary/aromatic N) is 4. The number of nitrogen functional groups attached to an aromatic ring is 1. The van der Waals surface area contributed by atoms with Gasteiger partial charge in [-0.05, 0) is 24.1 Å². The average Bonchev–Trinajstić information content (AvgIpc) is 3.01. The Morgan fingerprint density at radius 1 is 1.27 bits per heavy atom. The van der Waals surface area contributed by atoms with Crippen molar-refractivity contribution in [1.82, 2.24) is 14.1 Å². The van der Waals surface area contributed by atoms with E-state index in [1.807, 2.05) is 6.07 Å². The fourth-order valence-electron chi connectivity index (χ4n) is 2.54. The van der Waals surface area contributed by atoms with Gasteiger partial charge in [-0.1, -0.05) is 26.0 Å². The highest BCUT2D eigenvalue weighted by molar-refractivity contribution is 7.89. The van der Waals surface area contributed by atoms with Gasteiger partial charge in [-0.3, -0.25) is 4.79 Å². The van der Waals surface area contributed by atoms with Gasteiger partial charge in [0.25, 0.3) is 0 Å². The molecule has 0 fully saturated rings. The molecule has 2 N–H and O–H groups in total. The molecule has 0 saturated carbocycles. The van der Waals surface area contributed by atoms with Gasteiger partial charge in [-0.2, -0.15) is 19.3 Å². The van der Waals surface area contributed by atoms with Crippen molar-refractivity contribution in [3.8, 4) is 6.07 Å². The molecule has 0 spiro atoms. The van der Waals surface area contributed by atoms with Crippen LogP contribution in [-0.2, 0) is 16.4 Å². The van der Waals surface area contributed by atoms with Gasteiger partial charge in [-0.15, -0.1) is 0 Å². The topological polar surface area (TPSA) is 122 Å². The molecule has 0 amide bonds. The van der Waals surface area contributed by atoms with E-state index < -0.39 is 10.0 Å². The molecule has 0 radical (unpaired) electrons. The van der Waals surface area contributed by atoms with Gasteiger partial charge in [0.05, 0.1) is 11.1 Å². The lowest BCUT2D eigenvalue weighted by Crippen LogP contribution is -2.30. The highest BCUT2D eigenvalue weighted by Crippen LogP contribution is 2.17. The Morgan fingerprint density at radius 2 is 1.88 bits per heavy atom. The summed E-state index contributed by atoms with van der Waals surface area (Å²) in [5.74, 6) is -0.304. The van der Waals surface area contributed by atoms with Gasteiger partial charge in [0.2, 0.25) is 15.9 Å². The first-order valence-corrected chi connectivity index (χ1v) is 9.65. The van der Waals surface area contributed by atoms with Crippen LogP contribution in [-0.4, -0.2) is 41.5 Å². The number of nitriles is 1. The summed E-state index contributed by atoms with van der Waals surface area (Å²) in [5, 5.41) is 12.7. The van der Waals surface area contributed by atoms with Crippen LogP contribution in [0.2, 0.25) is 0 Å². The normalized spacial score (nSPS) is 11.5. The van der Waals surface area contributed by atoms with Gasteiger partial charge < -0.3 is 5.73 Å². The lowest BCUT2D eigenvalue weighted by Gasteiger charge is -2.18. The highest BCUT2D eigenvalue weighted by atomic mass is 32.2. The number of rotatable bonds is 7. The van der Waals surface area contributed by atoms with Crippen LogP contribution < -0.4 is 5.73 Å². The number of aryl methyl sites for hydroxylation is 1. The van der Waals surface area contributed by atoms with Crippen molar-refractivity contribution < 1.29 is 13.2 Å². The van der Waals surface area contributed by atoms with Crippen LogP contribution in [0, 0.1) is 11.3 Å². The lowest BCUT2D eigenvalue weighted by molar-refractivity contribution is 0.0890. The van der Waals surface area contributed by atoms with Crippen molar-refractivity contribution >= 4 is 21.7 Å². The van der Waals surface area contributed by atoms with Gasteiger partial charge in [0.1, 0.15) is 17.5 Å². The molecule has 0 unspecified atom stereocenters. The molecule has 0 aliphatic carbocycles. The molecular formula is C17H21N5O3S. The number of benzene rings is 1. The minimum Gasteiger partial charge on any atom is -0.382 e. The molecular weight excluding hydrogens is 354 g/mol. The summed E-state index contributed by atoms with van der Waals surface area (Å²) in [6.07, 6.45) is 1.80. The molecule has 2 rings (SSSR count). The van der Waals surface area contributed by atoms with Crippen molar-refractivity contribution in [3.05, 3.63) is 41.6 Å². The Hall–Kier alpha value is -2.70. The third kappa shape index (κ3) is 3.92. The summed E-state index contributed by atoms with van der Waals surface area (Å²) in [6, 6.07) is 8.33. The third-order valence-electron chi connectivity index (χ3n) is 4.06. The number of sulfonamides is 1. The summed E-state index contributed by atoms with van der Waals surface area (Å²) in [7, 11) is -3.49. The van der Waals surface area contributed by atoms with E-state index in [0.29, 0.717) is 19.5 Å². The minimum atomic E-state index is -3.49. The van der Waals surface area contributed by atoms with E-state index >= 15 is 0 Å². The fourth-order valence-corrected chi connectivity index (χ4v) is 4.00. The maximum absolute atomic E-state index is 12.4. The maximum Gasteiger partial charge on any atom is 0.249 e. The molecule has 0 bridgehead atoms. The average molecular weight is 375 g/mol. The molecule has 1 heterocycles. The second kappa shape index (κ2) is 8.12. The van der Waals surface area contributed by atoms with E-state index in [-0.39, 0.29) is 28.6 Å². The predicted molar refractivity (Wildman–Crippen MR) is 96.9 cm³/mol. The Kier molecular flexibility index (Phi) is 6.13. The first kappa shape index (κ1) is 19.6. The van der Waals surface area contributed by atoms with Gasteiger partial charge in [-0.25, -0.2) is 8.42 Å². The first-order chi connectivity index (χ1) is 12.3. The summed E-state index contributed by atoms with van der Waals surface area (Å²) < 4.78 is 27.3. The quantitative estimate of drug-likeness (QED) is 0.785. The van der Waals surface area contributed by atoms with Crippen molar-refractivity contribution in [2.24, 2.45) is 0 Å². The number of carbonyl (C=O) groups is 1. The molecule has 0 aliphatic rings. The predicted octanol–water partition coefficient (Wildman–Crippen LogP) is 1.64. The van der Waals surface area contributed by atoms with E-state index in [2.05, 4.69) is 5.10 Å². The summed E-state index contributed by atoms with van der Waals surface area (Å²) >= 11 is 0. The van der Waals surface area contributed by atoms with Crippen LogP contribution in [0.4, 0.5) is 5.82 Å². The van der Waals surface area contributed by atoms with Crippen LogP contribution in [0.15, 0.2) is 35.4 Å². The number of nitrogens with two attached hydrogens (primary N) is 1. The van der Waals surface area contributed by atoms with Crippen LogP contribution in [0.5, 0.6) is 0 Å². The second-order valence-corrected chi connectivity index (χ2v) is 7.53. The maximum atomic E-state index is 12.4. The lowest BCUT2D eigenvalue weighted by atomic mass is 10.1. The third-order valence-corrected chi connectivity index (χ3v) is 6.12. The molecule has 138 valence electrons. The van der Waals surface area contributed by atoms with Crippen LogP contribution in [0.25, 0.3) is 0 Å². The number of aromatic nitrogens is 2. The molecule has 2 aromatic rings.